The van der Waals surface area contributed by atoms with Crippen molar-refractivity contribution in [1.82, 2.24) is 20.0 Å². The number of amidine groups is 1. The molecule has 2 atom stereocenters. The van der Waals surface area contributed by atoms with E-state index in [-0.39, 0.29) is 5.91 Å². The zero-order valence-corrected chi connectivity index (χ0v) is 16.9. The number of fused-ring (bicyclic) bond motifs is 1. The number of thioether (sulfide) groups is 1. The maximum atomic E-state index is 13.2. The Kier molecular flexibility index (Phi) is 5.55. The fourth-order valence-electron chi connectivity index (χ4n) is 3.55. The third-order valence-electron chi connectivity index (χ3n) is 5.01. The van der Waals surface area contributed by atoms with Crippen molar-refractivity contribution < 1.29 is 4.79 Å². The van der Waals surface area contributed by atoms with Crippen LogP contribution in [-0.4, -0.2) is 83.7 Å². The van der Waals surface area contributed by atoms with Gasteiger partial charge in [-0.05, 0) is 19.1 Å². The van der Waals surface area contributed by atoms with Crippen LogP contribution in [-0.2, 0) is 4.79 Å². The van der Waals surface area contributed by atoms with Gasteiger partial charge in [-0.1, -0.05) is 35.9 Å². The van der Waals surface area contributed by atoms with Crippen LogP contribution < -0.4 is 5.32 Å². The lowest BCUT2D eigenvalue weighted by Gasteiger charge is -2.37. The summed E-state index contributed by atoms with van der Waals surface area (Å²) in [4.78, 5) is 29.9. The Bertz CT molecular complexity index is 852. The molecule has 3 aliphatic heterocycles. The number of carbonyl (C=O) groups is 1. The van der Waals surface area contributed by atoms with Gasteiger partial charge in [-0.3, -0.25) is 9.69 Å². The quantitative estimate of drug-likeness (QED) is 0.753. The number of carbonyl (C=O) groups excluding carboxylic acids is 1. The molecule has 0 aromatic heterocycles. The summed E-state index contributed by atoms with van der Waals surface area (Å²) in [5, 5.41) is 4.04. The molecule has 1 saturated heterocycles. The van der Waals surface area contributed by atoms with Gasteiger partial charge in [0.1, 0.15) is 0 Å². The molecule has 1 aromatic rings. The molecule has 2 unspecified atom stereocenters. The van der Waals surface area contributed by atoms with Gasteiger partial charge in [0, 0.05) is 38.1 Å². The van der Waals surface area contributed by atoms with Gasteiger partial charge >= 0.3 is 0 Å². The van der Waals surface area contributed by atoms with Crippen LogP contribution in [0.5, 0.6) is 0 Å². The number of nitrogens with one attached hydrogen (secondary N) is 1. The molecule has 1 fully saturated rings. The van der Waals surface area contributed by atoms with Crippen LogP contribution in [0.15, 0.2) is 45.2 Å². The Morgan fingerprint density at radius 3 is 2.68 bits per heavy atom. The van der Waals surface area contributed by atoms with Crippen molar-refractivity contribution in [2.75, 3.05) is 39.8 Å². The molecular formula is C20H24N6OS. The minimum absolute atomic E-state index is 0.0187. The Morgan fingerprint density at radius 1 is 1.21 bits per heavy atom. The van der Waals surface area contributed by atoms with Gasteiger partial charge in [0.2, 0.25) is 5.96 Å². The lowest BCUT2D eigenvalue weighted by atomic mass is 10.1. The molecule has 3 aliphatic rings. The van der Waals surface area contributed by atoms with Crippen molar-refractivity contribution in [1.29, 1.82) is 0 Å². The van der Waals surface area contributed by atoms with E-state index in [9.17, 15) is 4.79 Å². The van der Waals surface area contributed by atoms with Crippen molar-refractivity contribution in [3.8, 4) is 11.8 Å². The second-order valence-electron chi connectivity index (χ2n) is 6.80. The summed E-state index contributed by atoms with van der Waals surface area (Å²) < 4.78 is 0. The topological polar surface area (TPSA) is 63.5 Å². The van der Waals surface area contributed by atoms with Crippen LogP contribution in [0.2, 0.25) is 0 Å². The first-order valence-corrected chi connectivity index (χ1v) is 10.3. The van der Waals surface area contributed by atoms with Crippen LogP contribution in [0.25, 0.3) is 0 Å². The van der Waals surface area contributed by atoms with Crippen LogP contribution in [0.3, 0.4) is 0 Å². The van der Waals surface area contributed by atoms with Crippen molar-refractivity contribution >= 4 is 28.8 Å². The number of nitrogens with zero attached hydrogens (tertiary/aromatic N) is 5. The summed E-state index contributed by atoms with van der Waals surface area (Å²) >= 11 is 1.50. The molecule has 7 nitrogen and oxygen atoms in total. The Hall–Kier alpha value is -2.50. The number of likely N-dealkylation sites (N-methyl/N-ethyl adjacent to an activating group) is 1. The average molecular weight is 397 g/mol. The molecule has 0 bridgehead atoms. The molecule has 0 radical (unpaired) electrons. The first kappa shape index (κ1) is 18.8. The van der Waals surface area contributed by atoms with Crippen molar-refractivity contribution in [3.63, 3.8) is 0 Å². The fraction of sp³-hybridized carbons (Fsp3) is 0.450. The lowest BCUT2D eigenvalue weighted by Crippen LogP contribution is -2.58. The second-order valence-corrected chi connectivity index (χ2v) is 7.84. The monoisotopic (exact) mass is 396 g/mol. The van der Waals surface area contributed by atoms with Crippen LogP contribution in [0.4, 0.5) is 0 Å². The van der Waals surface area contributed by atoms with E-state index in [1.807, 2.05) is 42.2 Å². The van der Waals surface area contributed by atoms with Crippen LogP contribution in [0.1, 0.15) is 6.92 Å². The number of hydrogen-bond acceptors (Lipinski definition) is 7. The van der Waals surface area contributed by atoms with Gasteiger partial charge in [0.05, 0.1) is 6.54 Å². The SMILES string of the molecule is CC#CCN1C(N2CCNCC2)=NC2N=C(Sc3ccccc3)N(C)C(=O)C21. The fourth-order valence-corrected chi connectivity index (χ4v) is 4.44. The molecule has 1 N–H and O–H groups in total. The van der Waals surface area contributed by atoms with Crippen LogP contribution in [0, 0.1) is 11.8 Å². The molecule has 0 spiro atoms. The number of guanidine groups is 1. The minimum Gasteiger partial charge on any atom is -0.340 e. The summed E-state index contributed by atoms with van der Waals surface area (Å²) in [6, 6.07) is 9.56. The zero-order valence-electron chi connectivity index (χ0n) is 16.1. The highest BCUT2D eigenvalue weighted by Crippen LogP contribution is 2.31. The summed E-state index contributed by atoms with van der Waals surface area (Å²) in [5.41, 5.74) is 0. The molecule has 28 heavy (non-hydrogen) atoms. The predicted octanol–water partition coefficient (Wildman–Crippen LogP) is 0.901. The van der Waals surface area contributed by atoms with Gasteiger partial charge < -0.3 is 15.1 Å². The van der Waals surface area contributed by atoms with E-state index in [4.69, 9.17) is 9.98 Å². The zero-order chi connectivity index (χ0) is 19.5. The normalized spacial score (nSPS) is 24.4. The van der Waals surface area contributed by atoms with Gasteiger partial charge in [0.15, 0.2) is 17.4 Å². The molecule has 1 amide bonds. The number of piperazine rings is 1. The molecule has 4 rings (SSSR count). The maximum Gasteiger partial charge on any atom is 0.255 e. The molecule has 8 heteroatoms. The minimum atomic E-state index is -0.421. The highest BCUT2D eigenvalue weighted by molar-refractivity contribution is 8.13. The number of rotatable bonds is 2. The summed E-state index contributed by atoms with van der Waals surface area (Å²) in [6.07, 6.45) is -0.418. The highest BCUT2D eigenvalue weighted by Gasteiger charge is 2.47. The molecule has 146 valence electrons. The molecule has 0 saturated carbocycles. The number of amides is 1. The molecule has 1 aromatic carbocycles. The van der Waals surface area contributed by atoms with E-state index in [0.717, 1.165) is 37.0 Å². The van der Waals surface area contributed by atoms with E-state index < -0.39 is 12.2 Å². The van der Waals surface area contributed by atoms with E-state index in [2.05, 4.69) is 22.1 Å². The van der Waals surface area contributed by atoms with Gasteiger partial charge in [-0.25, -0.2) is 9.98 Å². The molecular weight excluding hydrogens is 372 g/mol. The van der Waals surface area contributed by atoms with Gasteiger partial charge in [-0.15, -0.1) is 5.92 Å². The van der Waals surface area contributed by atoms with E-state index in [0.29, 0.717) is 11.7 Å². The highest BCUT2D eigenvalue weighted by atomic mass is 32.2. The smallest absolute Gasteiger partial charge is 0.255 e. The largest absolute Gasteiger partial charge is 0.340 e. The first-order chi connectivity index (χ1) is 13.7. The van der Waals surface area contributed by atoms with E-state index in [1.165, 1.54) is 11.8 Å². The van der Waals surface area contributed by atoms with Gasteiger partial charge in [0.25, 0.3) is 5.91 Å². The molecule has 3 heterocycles. The van der Waals surface area contributed by atoms with Crippen molar-refractivity contribution in [2.24, 2.45) is 9.98 Å². The van der Waals surface area contributed by atoms with Crippen LogP contribution >= 0.6 is 11.8 Å². The Morgan fingerprint density at radius 2 is 1.96 bits per heavy atom. The Labute approximate surface area is 169 Å². The number of aliphatic imine (C=N–C) groups is 2. The standard InChI is InChI=1S/C20H24N6OS/c1-3-4-12-26-16-17(22-19(26)25-13-10-21-11-14-25)23-20(24(2)18(16)27)28-15-8-6-5-7-9-15/h5-9,16-17,21H,10-14H2,1-2H3. The Balaban J connectivity index is 1.64. The van der Waals surface area contributed by atoms with Crippen molar-refractivity contribution in [3.05, 3.63) is 30.3 Å². The maximum absolute atomic E-state index is 13.2. The number of hydrogen-bond donors (Lipinski definition) is 1. The molecule has 0 aliphatic carbocycles. The van der Waals surface area contributed by atoms with Gasteiger partial charge in [-0.2, -0.15) is 0 Å². The third kappa shape index (κ3) is 3.60. The second kappa shape index (κ2) is 8.25. The summed E-state index contributed by atoms with van der Waals surface area (Å²) in [5.74, 6) is 6.91. The van der Waals surface area contributed by atoms with E-state index >= 15 is 0 Å². The third-order valence-corrected chi connectivity index (χ3v) is 6.08. The van der Waals surface area contributed by atoms with E-state index in [1.54, 1.807) is 11.9 Å². The van der Waals surface area contributed by atoms with Crippen molar-refractivity contribution in [2.45, 2.75) is 24.0 Å². The lowest BCUT2D eigenvalue weighted by molar-refractivity contribution is -0.131. The first-order valence-electron chi connectivity index (χ1n) is 9.47. The predicted molar refractivity (Wildman–Crippen MR) is 112 cm³/mol. The average Bonchev–Trinajstić information content (AvgIpc) is 3.10. The summed E-state index contributed by atoms with van der Waals surface area (Å²) in [6.45, 7) is 5.86. The summed E-state index contributed by atoms with van der Waals surface area (Å²) in [7, 11) is 1.79. The number of benzene rings is 1.